The molecule has 0 bridgehead atoms. The first-order valence-corrected chi connectivity index (χ1v) is 7.17. The maximum absolute atomic E-state index is 12.1. The SMILES string of the molecule is CC1=NN(C(N)=S)C(=O)C1N=Nc1cc(-c2ccccc2)[nH]n1. The van der Waals surface area contributed by atoms with E-state index in [-0.39, 0.29) is 5.11 Å². The van der Waals surface area contributed by atoms with E-state index in [1.807, 2.05) is 30.3 Å². The summed E-state index contributed by atoms with van der Waals surface area (Å²) in [6, 6.07) is 10.6. The Balaban J connectivity index is 1.77. The molecule has 1 amide bonds. The number of hydrogen-bond donors (Lipinski definition) is 2. The number of amides is 1. The normalized spacial score (nSPS) is 17.8. The second-order valence-corrected chi connectivity index (χ2v) is 5.27. The lowest BCUT2D eigenvalue weighted by atomic mass is 10.2. The minimum atomic E-state index is -0.826. The number of carbonyl (C=O) groups is 1. The minimum absolute atomic E-state index is 0.113. The highest BCUT2D eigenvalue weighted by Crippen LogP contribution is 2.22. The molecule has 2 aromatic rings. The van der Waals surface area contributed by atoms with Crippen molar-refractivity contribution in [2.24, 2.45) is 21.1 Å². The van der Waals surface area contributed by atoms with Crippen molar-refractivity contribution in [3.8, 4) is 11.3 Å². The summed E-state index contributed by atoms with van der Waals surface area (Å²) in [5.41, 5.74) is 7.70. The zero-order valence-electron chi connectivity index (χ0n) is 12.2. The summed E-state index contributed by atoms with van der Waals surface area (Å²) in [4.78, 5) is 12.1. The van der Waals surface area contributed by atoms with E-state index in [1.165, 1.54) is 0 Å². The maximum atomic E-state index is 12.1. The van der Waals surface area contributed by atoms with Crippen LogP contribution in [0.4, 0.5) is 5.82 Å². The molecule has 1 aliphatic rings. The first kappa shape index (κ1) is 15.0. The fraction of sp³-hybridized carbons (Fsp3) is 0.143. The number of aromatic nitrogens is 2. The molecule has 0 fully saturated rings. The van der Waals surface area contributed by atoms with Crippen LogP contribution in [0.15, 0.2) is 51.7 Å². The Morgan fingerprint density at radius 3 is 2.78 bits per heavy atom. The van der Waals surface area contributed by atoms with E-state index in [2.05, 4.69) is 25.5 Å². The average molecular weight is 327 g/mol. The van der Waals surface area contributed by atoms with Crippen LogP contribution in [0.2, 0.25) is 0 Å². The summed E-state index contributed by atoms with van der Waals surface area (Å²) in [6.45, 7) is 1.67. The number of thiocarbonyl (C=S) groups is 1. The molecule has 1 unspecified atom stereocenters. The van der Waals surface area contributed by atoms with E-state index >= 15 is 0 Å². The molecule has 116 valence electrons. The lowest BCUT2D eigenvalue weighted by Crippen LogP contribution is -2.37. The van der Waals surface area contributed by atoms with Gasteiger partial charge in [0.25, 0.3) is 5.91 Å². The number of benzene rings is 1. The summed E-state index contributed by atoms with van der Waals surface area (Å²) in [7, 11) is 0. The van der Waals surface area contributed by atoms with Gasteiger partial charge in [0.2, 0.25) is 0 Å². The second-order valence-electron chi connectivity index (χ2n) is 4.85. The van der Waals surface area contributed by atoms with Crippen LogP contribution in [-0.2, 0) is 4.79 Å². The van der Waals surface area contributed by atoms with Crippen LogP contribution >= 0.6 is 12.2 Å². The molecule has 1 aromatic heterocycles. The zero-order chi connectivity index (χ0) is 16.4. The largest absolute Gasteiger partial charge is 0.374 e. The number of rotatable bonds is 3. The molecule has 0 saturated heterocycles. The molecule has 0 spiro atoms. The Labute approximate surface area is 137 Å². The number of aromatic amines is 1. The van der Waals surface area contributed by atoms with Gasteiger partial charge in [-0.25, -0.2) is 0 Å². The van der Waals surface area contributed by atoms with E-state index in [0.29, 0.717) is 11.5 Å². The third-order valence-corrected chi connectivity index (χ3v) is 3.40. The van der Waals surface area contributed by atoms with Crippen molar-refractivity contribution in [1.29, 1.82) is 0 Å². The second kappa shape index (κ2) is 6.05. The number of hydrogen-bond acceptors (Lipinski definition) is 6. The van der Waals surface area contributed by atoms with Gasteiger partial charge in [-0.15, -0.1) is 5.11 Å². The fourth-order valence-electron chi connectivity index (χ4n) is 2.09. The molecule has 8 nitrogen and oxygen atoms in total. The third kappa shape index (κ3) is 2.99. The summed E-state index contributed by atoms with van der Waals surface area (Å²) in [5.74, 6) is -0.0456. The fourth-order valence-corrected chi connectivity index (χ4v) is 2.22. The number of H-pyrrole nitrogens is 1. The summed E-state index contributed by atoms with van der Waals surface area (Å²) < 4.78 is 0. The lowest BCUT2D eigenvalue weighted by molar-refractivity contribution is -0.126. The number of hydrazone groups is 1. The Hall–Kier alpha value is -2.94. The van der Waals surface area contributed by atoms with Gasteiger partial charge in [-0.2, -0.15) is 20.3 Å². The van der Waals surface area contributed by atoms with Crippen LogP contribution in [-0.4, -0.2) is 38.0 Å². The number of azo groups is 1. The van der Waals surface area contributed by atoms with Gasteiger partial charge in [0.15, 0.2) is 17.0 Å². The van der Waals surface area contributed by atoms with E-state index in [0.717, 1.165) is 16.3 Å². The van der Waals surface area contributed by atoms with Crippen molar-refractivity contribution < 1.29 is 4.79 Å². The average Bonchev–Trinajstić information content (AvgIpc) is 3.12. The van der Waals surface area contributed by atoms with Crippen molar-refractivity contribution >= 4 is 34.8 Å². The van der Waals surface area contributed by atoms with Gasteiger partial charge < -0.3 is 5.73 Å². The van der Waals surface area contributed by atoms with Crippen molar-refractivity contribution in [3.63, 3.8) is 0 Å². The molecular weight excluding hydrogens is 314 g/mol. The van der Waals surface area contributed by atoms with Gasteiger partial charge in [-0.3, -0.25) is 9.89 Å². The number of carbonyl (C=O) groups excluding carboxylic acids is 1. The molecule has 1 atom stereocenters. The first-order chi connectivity index (χ1) is 11.1. The predicted molar refractivity (Wildman–Crippen MR) is 89.1 cm³/mol. The predicted octanol–water partition coefficient (Wildman–Crippen LogP) is 1.99. The Bertz CT molecular complexity index is 812. The summed E-state index contributed by atoms with van der Waals surface area (Å²) >= 11 is 4.76. The van der Waals surface area contributed by atoms with Crippen LogP contribution in [0.25, 0.3) is 11.3 Å². The number of nitrogens with two attached hydrogens (primary N) is 1. The van der Waals surface area contributed by atoms with Crippen molar-refractivity contribution in [3.05, 3.63) is 36.4 Å². The highest BCUT2D eigenvalue weighted by Gasteiger charge is 2.35. The van der Waals surface area contributed by atoms with E-state index in [9.17, 15) is 4.79 Å². The van der Waals surface area contributed by atoms with Crippen LogP contribution in [0.3, 0.4) is 0 Å². The molecule has 23 heavy (non-hydrogen) atoms. The zero-order valence-corrected chi connectivity index (χ0v) is 13.0. The molecule has 0 radical (unpaired) electrons. The van der Waals surface area contributed by atoms with Crippen LogP contribution in [0.1, 0.15) is 6.92 Å². The Kier molecular flexibility index (Phi) is 3.94. The molecule has 3 rings (SSSR count). The van der Waals surface area contributed by atoms with Crippen molar-refractivity contribution in [2.75, 3.05) is 0 Å². The summed E-state index contributed by atoms with van der Waals surface area (Å²) in [6.07, 6.45) is 0. The molecular formula is C14H13N7OS. The molecule has 2 heterocycles. The highest BCUT2D eigenvalue weighted by atomic mass is 32.1. The number of nitrogens with zero attached hydrogens (tertiary/aromatic N) is 5. The molecule has 1 aliphatic heterocycles. The molecule has 3 N–H and O–H groups in total. The molecule has 1 aromatic carbocycles. The van der Waals surface area contributed by atoms with Gasteiger partial charge in [0, 0.05) is 6.07 Å². The van der Waals surface area contributed by atoms with Crippen LogP contribution in [0.5, 0.6) is 0 Å². The lowest BCUT2D eigenvalue weighted by Gasteiger charge is -2.08. The summed E-state index contributed by atoms with van der Waals surface area (Å²) in [5, 5.41) is 19.7. The van der Waals surface area contributed by atoms with Gasteiger partial charge >= 0.3 is 0 Å². The molecule has 9 heteroatoms. The van der Waals surface area contributed by atoms with Crippen LogP contribution < -0.4 is 5.73 Å². The topological polar surface area (TPSA) is 112 Å². The first-order valence-electron chi connectivity index (χ1n) is 6.76. The van der Waals surface area contributed by atoms with Gasteiger partial charge in [-0.1, -0.05) is 30.3 Å². The van der Waals surface area contributed by atoms with Crippen LogP contribution in [0, 0.1) is 0 Å². The Morgan fingerprint density at radius 2 is 2.13 bits per heavy atom. The quantitative estimate of drug-likeness (QED) is 0.663. The molecule has 0 aliphatic carbocycles. The highest BCUT2D eigenvalue weighted by molar-refractivity contribution is 7.80. The van der Waals surface area contributed by atoms with Crippen molar-refractivity contribution in [2.45, 2.75) is 13.0 Å². The minimum Gasteiger partial charge on any atom is -0.374 e. The number of nitrogens with one attached hydrogen (secondary N) is 1. The van der Waals surface area contributed by atoms with Gasteiger partial charge in [-0.05, 0) is 24.7 Å². The van der Waals surface area contributed by atoms with E-state index in [4.69, 9.17) is 18.0 Å². The van der Waals surface area contributed by atoms with E-state index in [1.54, 1.807) is 13.0 Å². The van der Waals surface area contributed by atoms with Crippen molar-refractivity contribution in [1.82, 2.24) is 15.2 Å². The monoisotopic (exact) mass is 327 g/mol. The Morgan fingerprint density at radius 1 is 1.39 bits per heavy atom. The van der Waals surface area contributed by atoms with E-state index < -0.39 is 11.9 Å². The van der Waals surface area contributed by atoms with Gasteiger partial charge in [0.1, 0.15) is 0 Å². The van der Waals surface area contributed by atoms with Gasteiger partial charge in [0.05, 0.1) is 11.4 Å². The molecule has 0 saturated carbocycles. The standard InChI is InChI=1S/C14H13N7OS/c1-8-12(13(22)21(20-8)14(15)23)19-18-11-7-10(16-17-11)9-5-3-2-4-6-9/h2-7,12H,1H3,(H2,15,23)(H,16,17). The smallest absolute Gasteiger partial charge is 0.282 e. The third-order valence-electron chi connectivity index (χ3n) is 3.23. The maximum Gasteiger partial charge on any atom is 0.282 e.